The van der Waals surface area contributed by atoms with Gasteiger partial charge >= 0.3 is 0 Å². The second kappa shape index (κ2) is 14.7. The molecule has 0 aliphatic heterocycles. The SMILES string of the molecule is C=CCc1cccc(N(c2ccc(-c3ccc(N(c4cccc(CC=C)c4)c4cccc5ccccc45)cc3)cc2)c2cccc3ccccc23)c1. The third-order valence-electron chi connectivity index (χ3n) is 9.70. The van der Waals surface area contributed by atoms with Crippen molar-refractivity contribution in [3.8, 4) is 11.1 Å². The summed E-state index contributed by atoms with van der Waals surface area (Å²) in [6.45, 7) is 7.95. The molecule has 0 aliphatic rings. The summed E-state index contributed by atoms with van der Waals surface area (Å²) >= 11 is 0. The predicted octanol–water partition coefficient (Wildman–Crippen LogP) is 14.1. The number of benzene rings is 8. The van der Waals surface area contributed by atoms with Crippen LogP contribution < -0.4 is 9.80 Å². The van der Waals surface area contributed by atoms with Gasteiger partial charge in [-0.25, -0.2) is 0 Å². The van der Waals surface area contributed by atoms with Gasteiger partial charge in [-0.3, -0.25) is 0 Å². The molecule has 8 aromatic carbocycles. The number of allylic oxidation sites excluding steroid dienone is 2. The van der Waals surface area contributed by atoms with Crippen LogP contribution in [0.1, 0.15) is 11.1 Å². The van der Waals surface area contributed by atoms with Crippen molar-refractivity contribution in [1.82, 2.24) is 0 Å². The molecule has 8 rings (SSSR count). The Hall–Kier alpha value is -6.64. The second-order valence-electron chi connectivity index (χ2n) is 13.1. The molecule has 0 atom stereocenters. The van der Waals surface area contributed by atoms with Crippen LogP contribution in [0.2, 0.25) is 0 Å². The van der Waals surface area contributed by atoms with Gasteiger partial charge in [-0.1, -0.05) is 133 Å². The first-order valence-corrected chi connectivity index (χ1v) is 17.9. The van der Waals surface area contributed by atoms with Crippen molar-refractivity contribution in [3.05, 3.63) is 218 Å². The van der Waals surface area contributed by atoms with E-state index in [-0.39, 0.29) is 0 Å². The van der Waals surface area contributed by atoms with Gasteiger partial charge in [0.2, 0.25) is 0 Å². The number of hydrogen-bond donors (Lipinski definition) is 0. The molecule has 0 aliphatic carbocycles. The normalized spacial score (nSPS) is 11.0. The topological polar surface area (TPSA) is 6.48 Å². The van der Waals surface area contributed by atoms with Gasteiger partial charge in [-0.15, -0.1) is 13.2 Å². The number of hydrogen-bond acceptors (Lipinski definition) is 2. The standard InChI is InChI=1S/C50H40N2/c1-3-13-37-15-9-21-45(35-37)51(49-25-11-19-41-17-5-7-23-47(41)49)43-31-27-39(28-32-43)40-29-33-44(34-30-40)52(46-22-10-16-38(36-46)14-4-2)50-26-12-20-42-18-6-8-24-48(42)50/h3-12,15-36H,1-2,13-14H2. The fourth-order valence-corrected chi connectivity index (χ4v) is 7.25. The summed E-state index contributed by atoms with van der Waals surface area (Å²) in [4.78, 5) is 4.73. The predicted molar refractivity (Wildman–Crippen MR) is 224 cm³/mol. The zero-order valence-electron chi connectivity index (χ0n) is 29.2. The molecule has 0 N–H and O–H groups in total. The summed E-state index contributed by atoms with van der Waals surface area (Å²) in [7, 11) is 0. The summed E-state index contributed by atoms with van der Waals surface area (Å²) in [5, 5.41) is 4.86. The van der Waals surface area contributed by atoms with Gasteiger partial charge in [0.05, 0.1) is 11.4 Å². The summed E-state index contributed by atoms with van der Waals surface area (Å²) in [5.74, 6) is 0. The summed E-state index contributed by atoms with van der Waals surface area (Å²) < 4.78 is 0. The van der Waals surface area contributed by atoms with E-state index in [9.17, 15) is 0 Å². The minimum Gasteiger partial charge on any atom is -0.310 e. The van der Waals surface area contributed by atoms with Crippen LogP contribution >= 0.6 is 0 Å². The summed E-state index contributed by atoms with van der Waals surface area (Å²) in [6, 6.07) is 65.7. The lowest BCUT2D eigenvalue weighted by Crippen LogP contribution is -2.11. The third-order valence-corrected chi connectivity index (χ3v) is 9.70. The Balaban J connectivity index is 1.17. The Morgan fingerprint density at radius 1 is 0.365 bits per heavy atom. The molecule has 0 saturated carbocycles. The molecule has 0 spiro atoms. The molecule has 52 heavy (non-hydrogen) atoms. The van der Waals surface area contributed by atoms with E-state index in [4.69, 9.17) is 0 Å². The van der Waals surface area contributed by atoms with Crippen LogP contribution in [0, 0.1) is 0 Å². The molecule has 250 valence electrons. The molecule has 2 heteroatoms. The highest BCUT2D eigenvalue weighted by atomic mass is 15.1. The van der Waals surface area contributed by atoms with E-state index in [1.165, 1.54) is 43.8 Å². The van der Waals surface area contributed by atoms with Crippen molar-refractivity contribution >= 4 is 55.7 Å². The molecule has 2 nitrogen and oxygen atoms in total. The molecule has 0 radical (unpaired) electrons. The van der Waals surface area contributed by atoms with Gasteiger partial charge in [0.1, 0.15) is 0 Å². The van der Waals surface area contributed by atoms with Crippen LogP contribution in [0.4, 0.5) is 34.1 Å². The van der Waals surface area contributed by atoms with E-state index in [1.807, 2.05) is 12.2 Å². The number of anilines is 6. The van der Waals surface area contributed by atoms with E-state index in [0.717, 1.165) is 47.0 Å². The van der Waals surface area contributed by atoms with Crippen molar-refractivity contribution in [2.45, 2.75) is 12.8 Å². The Morgan fingerprint density at radius 2 is 0.750 bits per heavy atom. The lowest BCUT2D eigenvalue weighted by Gasteiger charge is -2.28. The molecule has 0 heterocycles. The van der Waals surface area contributed by atoms with Gasteiger partial charge in [0.15, 0.2) is 0 Å². The lowest BCUT2D eigenvalue weighted by molar-refractivity contribution is 1.24. The zero-order chi connectivity index (χ0) is 35.3. The lowest BCUT2D eigenvalue weighted by atomic mass is 10.0. The maximum Gasteiger partial charge on any atom is 0.0540 e. The van der Waals surface area contributed by atoms with Gasteiger partial charge in [-0.05, 0) is 107 Å². The average Bonchev–Trinajstić information content (AvgIpc) is 3.20. The van der Waals surface area contributed by atoms with E-state index in [2.05, 4.69) is 205 Å². The molecular weight excluding hydrogens is 629 g/mol. The largest absolute Gasteiger partial charge is 0.310 e. The monoisotopic (exact) mass is 668 g/mol. The highest BCUT2D eigenvalue weighted by molar-refractivity contribution is 6.00. The van der Waals surface area contributed by atoms with Crippen LogP contribution in [-0.2, 0) is 12.8 Å². The zero-order valence-corrected chi connectivity index (χ0v) is 29.2. The molecule has 0 saturated heterocycles. The first-order chi connectivity index (χ1) is 25.7. The van der Waals surface area contributed by atoms with Crippen LogP contribution in [-0.4, -0.2) is 0 Å². The highest BCUT2D eigenvalue weighted by Crippen LogP contribution is 2.42. The molecule has 0 amide bonds. The van der Waals surface area contributed by atoms with E-state index >= 15 is 0 Å². The Labute approximate surface area is 306 Å². The van der Waals surface area contributed by atoms with Crippen molar-refractivity contribution in [2.75, 3.05) is 9.80 Å². The second-order valence-corrected chi connectivity index (χ2v) is 13.1. The van der Waals surface area contributed by atoms with E-state index < -0.39 is 0 Å². The fourth-order valence-electron chi connectivity index (χ4n) is 7.25. The molecule has 0 aromatic heterocycles. The van der Waals surface area contributed by atoms with Crippen LogP contribution in [0.5, 0.6) is 0 Å². The Morgan fingerprint density at radius 3 is 1.17 bits per heavy atom. The molecular formula is C50H40N2. The quantitative estimate of drug-likeness (QED) is 0.127. The number of nitrogens with zero attached hydrogens (tertiary/aromatic N) is 2. The maximum atomic E-state index is 3.97. The molecule has 8 aromatic rings. The van der Waals surface area contributed by atoms with Gasteiger partial charge in [0, 0.05) is 33.5 Å². The minimum atomic E-state index is 0.824. The number of fused-ring (bicyclic) bond motifs is 2. The van der Waals surface area contributed by atoms with E-state index in [1.54, 1.807) is 0 Å². The first kappa shape index (κ1) is 32.6. The van der Waals surface area contributed by atoms with Gasteiger partial charge in [0.25, 0.3) is 0 Å². The van der Waals surface area contributed by atoms with Gasteiger partial charge < -0.3 is 9.80 Å². The maximum absolute atomic E-state index is 3.97. The Kier molecular flexibility index (Phi) is 9.19. The van der Waals surface area contributed by atoms with Crippen molar-refractivity contribution in [3.63, 3.8) is 0 Å². The highest BCUT2D eigenvalue weighted by Gasteiger charge is 2.18. The van der Waals surface area contributed by atoms with Crippen LogP contribution in [0.25, 0.3) is 32.7 Å². The summed E-state index contributed by atoms with van der Waals surface area (Å²) in [6.07, 6.45) is 5.57. The average molecular weight is 669 g/mol. The fraction of sp³-hybridized carbons (Fsp3) is 0.0400. The smallest absolute Gasteiger partial charge is 0.0540 e. The van der Waals surface area contributed by atoms with Crippen molar-refractivity contribution in [1.29, 1.82) is 0 Å². The third kappa shape index (κ3) is 6.51. The van der Waals surface area contributed by atoms with Crippen molar-refractivity contribution < 1.29 is 0 Å². The number of rotatable bonds is 11. The van der Waals surface area contributed by atoms with Crippen LogP contribution in [0.3, 0.4) is 0 Å². The van der Waals surface area contributed by atoms with Crippen LogP contribution in [0.15, 0.2) is 207 Å². The molecule has 0 bridgehead atoms. The van der Waals surface area contributed by atoms with E-state index in [0.29, 0.717) is 0 Å². The van der Waals surface area contributed by atoms with Crippen molar-refractivity contribution in [2.24, 2.45) is 0 Å². The molecule has 0 unspecified atom stereocenters. The Bertz CT molecular complexity index is 2320. The van der Waals surface area contributed by atoms with Gasteiger partial charge in [-0.2, -0.15) is 0 Å². The summed E-state index contributed by atoms with van der Waals surface area (Å²) in [5.41, 5.74) is 11.6. The first-order valence-electron chi connectivity index (χ1n) is 17.9. The molecule has 0 fully saturated rings. The minimum absolute atomic E-state index is 0.824.